The van der Waals surface area contributed by atoms with Gasteiger partial charge in [-0.25, -0.2) is 0 Å². The van der Waals surface area contributed by atoms with Crippen LogP contribution in [0.5, 0.6) is 0 Å². The van der Waals surface area contributed by atoms with Crippen LogP contribution in [0, 0.1) is 33.5 Å². The summed E-state index contributed by atoms with van der Waals surface area (Å²) in [5.41, 5.74) is 2.46. The molecule has 0 aromatic heterocycles. The van der Waals surface area contributed by atoms with Gasteiger partial charge in [-0.05, 0) is 83.1 Å². The Morgan fingerprint density at radius 1 is 0.769 bits per heavy atom. The second-order valence-electron chi connectivity index (χ2n) is 14.6. The van der Waals surface area contributed by atoms with E-state index in [-0.39, 0.29) is 33.9 Å². The highest BCUT2D eigenvalue weighted by molar-refractivity contribution is 7.54. The molecule has 0 aliphatic heterocycles. The van der Waals surface area contributed by atoms with E-state index in [4.69, 9.17) is 9.05 Å². The standard InChI is InChI=1S/C34H48NO3P/c1-31(2)26-17-19-33(31,5)28(21-26)37-39(36,38-29-22-27-18-20-34(29,6)32(27,3)4)30(25-15-11-8-12-16-25)35-23-24-13-9-7-10-14-24/h7-16,26-30,35H,17-23H2,1-6H3. The van der Waals surface area contributed by atoms with E-state index in [1.807, 2.05) is 24.3 Å². The van der Waals surface area contributed by atoms with E-state index < -0.39 is 13.4 Å². The molecule has 7 atom stereocenters. The number of benzene rings is 2. The second-order valence-corrected chi connectivity index (χ2v) is 16.6. The number of rotatable bonds is 9. The van der Waals surface area contributed by atoms with Crippen molar-refractivity contribution in [1.82, 2.24) is 5.32 Å². The molecule has 39 heavy (non-hydrogen) atoms. The van der Waals surface area contributed by atoms with E-state index in [1.54, 1.807) is 0 Å². The molecule has 4 fully saturated rings. The van der Waals surface area contributed by atoms with Crippen LogP contribution in [0.2, 0.25) is 0 Å². The van der Waals surface area contributed by atoms with Crippen LogP contribution in [-0.4, -0.2) is 12.2 Å². The van der Waals surface area contributed by atoms with Crippen LogP contribution in [0.25, 0.3) is 0 Å². The van der Waals surface area contributed by atoms with Crippen LogP contribution in [-0.2, 0) is 20.2 Å². The van der Waals surface area contributed by atoms with Gasteiger partial charge in [0.2, 0.25) is 0 Å². The summed E-state index contributed by atoms with van der Waals surface area (Å²) >= 11 is 0. The molecule has 7 unspecified atom stereocenters. The van der Waals surface area contributed by atoms with Gasteiger partial charge < -0.3 is 9.05 Å². The molecule has 0 radical (unpaired) electrons. The Morgan fingerprint density at radius 2 is 1.23 bits per heavy atom. The maximum absolute atomic E-state index is 15.6. The van der Waals surface area contributed by atoms with Crippen LogP contribution < -0.4 is 5.32 Å². The lowest BCUT2D eigenvalue weighted by Crippen LogP contribution is -2.40. The van der Waals surface area contributed by atoms with Gasteiger partial charge in [-0.1, -0.05) is 102 Å². The van der Waals surface area contributed by atoms with Crippen molar-refractivity contribution < 1.29 is 13.6 Å². The minimum atomic E-state index is -3.66. The first-order chi connectivity index (χ1) is 18.4. The first kappa shape index (κ1) is 27.7. The predicted molar refractivity (Wildman–Crippen MR) is 158 cm³/mol. The SMILES string of the molecule is CC1(C)C2CCC1(C)C(OP(=O)(OC1CC3CCC1(C)C3(C)C)C(NCc1ccccc1)c1ccccc1)C2. The lowest BCUT2D eigenvalue weighted by atomic mass is 9.70. The van der Waals surface area contributed by atoms with Crippen molar-refractivity contribution in [3.8, 4) is 0 Å². The van der Waals surface area contributed by atoms with Crippen LogP contribution in [0.1, 0.15) is 97.0 Å². The first-order valence-electron chi connectivity index (χ1n) is 15.2. The molecule has 2 aromatic carbocycles. The monoisotopic (exact) mass is 549 g/mol. The maximum Gasteiger partial charge on any atom is 0.352 e. The van der Waals surface area contributed by atoms with E-state index in [0.29, 0.717) is 18.4 Å². The summed E-state index contributed by atoms with van der Waals surface area (Å²) in [5, 5.41) is 3.68. The summed E-state index contributed by atoms with van der Waals surface area (Å²) < 4.78 is 29.7. The maximum atomic E-state index is 15.6. The van der Waals surface area contributed by atoms with Gasteiger partial charge in [-0.3, -0.25) is 9.88 Å². The minimum absolute atomic E-state index is 0.00475. The van der Waals surface area contributed by atoms with E-state index in [0.717, 1.165) is 36.8 Å². The Labute approximate surface area is 236 Å². The Morgan fingerprint density at radius 3 is 1.64 bits per heavy atom. The summed E-state index contributed by atoms with van der Waals surface area (Å²) in [7, 11) is -3.66. The molecule has 4 aliphatic carbocycles. The van der Waals surface area contributed by atoms with E-state index >= 15 is 4.57 Å². The predicted octanol–water partition coefficient (Wildman–Crippen LogP) is 9.13. The van der Waals surface area contributed by atoms with Crippen molar-refractivity contribution in [2.75, 3.05) is 0 Å². The average molecular weight is 550 g/mol. The van der Waals surface area contributed by atoms with Crippen LogP contribution >= 0.6 is 7.60 Å². The molecule has 6 rings (SSSR count). The largest absolute Gasteiger partial charge is 0.352 e. The van der Waals surface area contributed by atoms with Crippen LogP contribution in [0.4, 0.5) is 0 Å². The van der Waals surface area contributed by atoms with Gasteiger partial charge in [0.1, 0.15) is 5.78 Å². The molecular weight excluding hydrogens is 501 g/mol. The zero-order valence-electron chi connectivity index (χ0n) is 24.8. The van der Waals surface area contributed by atoms with Crippen LogP contribution in [0.3, 0.4) is 0 Å². The molecule has 4 bridgehead atoms. The Hall–Kier alpha value is -1.45. The van der Waals surface area contributed by atoms with Gasteiger partial charge in [-0.15, -0.1) is 0 Å². The van der Waals surface area contributed by atoms with Crippen molar-refractivity contribution in [2.24, 2.45) is 33.5 Å². The molecule has 212 valence electrons. The molecule has 2 aromatic rings. The van der Waals surface area contributed by atoms with Gasteiger partial charge in [0.25, 0.3) is 0 Å². The number of hydrogen-bond donors (Lipinski definition) is 1. The third kappa shape index (κ3) is 4.23. The lowest BCUT2D eigenvalue weighted by molar-refractivity contribution is -0.0174. The number of nitrogens with one attached hydrogen (secondary N) is 1. The third-order valence-corrected chi connectivity index (χ3v) is 15.0. The fourth-order valence-corrected chi connectivity index (χ4v) is 11.4. The van der Waals surface area contributed by atoms with Gasteiger partial charge in [0, 0.05) is 6.54 Å². The van der Waals surface area contributed by atoms with Crippen molar-refractivity contribution in [1.29, 1.82) is 0 Å². The molecule has 4 saturated carbocycles. The smallest absolute Gasteiger partial charge is 0.303 e. The highest BCUT2D eigenvalue weighted by atomic mass is 31.2. The van der Waals surface area contributed by atoms with Crippen molar-refractivity contribution in [3.63, 3.8) is 0 Å². The van der Waals surface area contributed by atoms with Gasteiger partial charge in [0.15, 0.2) is 0 Å². The fraction of sp³-hybridized carbons (Fsp3) is 0.647. The Kier molecular flexibility index (Phi) is 6.78. The molecule has 0 saturated heterocycles. The Bertz CT molecular complexity index is 1180. The fourth-order valence-electron chi connectivity index (χ4n) is 8.94. The molecule has 0 spiro atoms. The average Bonchev–Trinajstić information content (AvgIpc) is 3.42. The quantitative estimate of drug-likeness (QED) is 0.317. The van der Waals surface area contributed by atoms with Crippen molar-refractivity contribution in [2.45, 2.75) is 105 Å². The van der Waals surface area contributed by atoms with E-state index in [9.17, 15) is 0 Å². The lowest BCUT2D eigenvalue weighted by Gasteiger charge is -2.44. The van der Waals surface area contributed by atoms with E-state index in [1.165, 1.54) is 12.8 Å². The molecule has 4 nitrogen and oxygen atoms in total. The summed E-state index contributed by atoms with van der Waals surface area (Å²) in [5.74, 6) is 0.676. The van der Waals surface area contributed by atoms with E-state index in [2.05, 4.69) is 83.3 Å². The van der Waals surface area contributed by atoms with Crippen molar-refractivity contribution >= 4 is 7.60 Å². The number of hydrogen-bond acceptors (Lipinski definition) is 4. The summed E-state index contributed by atoms with van der Waals surface area (Å²) in [6.45, 7) is 14.9. The number of fused-ring (bicyclic) bond motifs is 4. The molecule has 4 aliphatic rings. The normalized spacial score (nSPS) is 38.1. The Balaban J connectivity index is 1.38. The topological polar surface area (TPSA) is 47.6 Å². The molecule has 0 amide bonds. The second kappa shape index (κ2) is 9.55. The zero-order chi connectivity index (χ0) is 27.7. The molecule has 1 N–H and O–H groups in total. The summed E-state index contributed by atoms with van der Waals surface area (Å²) in [6.07, 6.45) is 6.51. The van der Waals surface area contributed by atoms with Gasteiger partial charge >= 0.3 is 7.60 Å². The summed E-state index contributed by atoms with van der Waals surface area (Å²) in [4.78, 5) is 0. The molecule has 5 heteroatoms. The first-order valence-corrected chi connectivity index (χ1v) is 16.8. The molecular formula is C34H48NO3P. The molecule has 0 heterocycles. The third-order valence-electron chi connectivity index (χ3n) is 12.8. The highest BCUT2D eigenvalue weighted by Crippen LogP contribution is 2.74. The van der Waals surface area contributed by atoms with Crippen LogP contribution in [0.15, 0.2) is 60.7 Å². The zero-order valence-corrected chi connectivity index (χ0v) is 25.7. The minimum Gasteiger partial charge on any atom is -0.303 e. The van der Waals surface area contributed by atoms with Gasteiger partial charge in [-0.2, -0.15) is 0 Å². The van der Waals surface area contributed by atoms with Crippen molar-refractivity contribution in [3.05, 3.63) is 71.8 Å². The highest BCUT2D eigenvalue weighted by Gasteiger charge is 2.66. The van der Waals surface area contributed by atoms with Gasteiger partial charge in [0.05, 0.1) is 12.2 Å². The summed E-state index contributed by atoms with van der Waals surface area (Å²) in [6, 6.07) is 20.6.